The quantitative estimate of drug-likeness (QED) is 0.685. The van der Waals surface area contributed by atoms with E-state index >= 15 is 0 Å². The van der Waals surface area contributed by atoms with E-state index < -0.39 is 10.8 Å². The molecule has 0 heterocycles. The fourth-order valence-electron chi connectivity index (χ4n) is 0.747. The zero-order chi connectivity index (χ0) is 8.10. The maximum Gasteiger partial charge on any atom is 0.126 e. The smallest absolute Gasteiger partial charge is 0.126 e. The Morgan fingerprint density at radius 1 is 1.36 bits per heavy atom. The molecule has 0 fully saturated rings. The molecular weight excluding hydrogens is 160 g/mol. The summed E-state index contributed by atoms with van der Waals surface area (Å²) in [5.74, 6) is 0.268. The van der Waals surface area contributed by atoms with Gasteiger partial charge < -0.3 is 4.74 Å². The zero-order valence-corrected chi connectivity index (χ0v) is 7.14. The van der Waals surface area contributed by atoms with Crippen LogP contribution in [0.4, 0.5) is 0 Å². The van der Waals surface area contributed by atoms with E-state index in [0.717, 1.165) is 4.90 Å². The van der Waals surface area contributed by atoms with Crippen molar-refractivity contribution in [3.63, 3.8) is 0 Å². The molecule has 0 saturated heterocycles. The van der Waals surface area contributed by atoms with Gasteiger partial charge >= 0.3 is 0 Å². The molecule has 1 aromatic carbocycles. The van der Waals surface area contributed by atoms with Gasteiger partial charge in [0.2, 0.25) is 0 Å². The molecule has 0 unspecified atom stereocenters. The van der Waals surface area contributed by atoms with Crippen LogP contribution in [-0.2, 0) is 15.5 Å². The van der Waals surface area contributed by atoms with Gasteiger partial charge in [0.15, 0.2) is 0 Å². The monoisotopic (exact) mass is 170 g/mol. The third-order valence-corrected chi connectivity index (χ3v) is 2.48. The van der Waals surface area contributed by atoms with Crippen molar-refractivity contribution in [1.82, 2.24) is 0 Å². The van der Waals surface area contributed by atoms with Gasteiger partial charge in [0, 0.05) is 12.0 Å². The van der Waals surface area contributed by atoms with Crippen LogP contribution in [0.5, 0.6) is 0 Å². The minimum absolute atomic E-state index is 0.268. The molecule has 2 nitrogen and oxygen atoms in total. The molecule has 60 valence electrons. The van der Waals surface area contributed by atoms with Crippen LogP contribution in [0.1, 0.15) is 0 Å². The largest absolute Gasteiger partial charge is 0.371 e. The number of methoxy groups -OCH3 is 1. The topological polar surface area (TPSA) is 26.3 Å². The normalized spacial score (nSPS) is 12.8. The molecular formula is C8H10O2S. The maximum absolute atomic E-state index is 11.2. The van der Waals surface area contributed by atoms with Crippen LogP contribution in [0.3, 0.4) is 0 Å². The summed E-state index contributed by atoms with van der Waals surface area (Å²) in [4.78, 5) is 0.814. The zero-order valence-electron chi connectivity index (χ0n) is 6.32. The first-order chi connectivity index (χ1) is 5.34. The summed E-state index contributed by atoms with van der Waals surface area (Å²) >= 11 is 0. The van der Waals surface area contributed by atoms with Gasteiger partial charge in [-0.3, -0.25) is 4.21 Å². The molecule has 0 bridgehead atoms. The number of rotatable bonds is 3. The van der Waals surface area contributed by atoms with Gasteiger partial charge in [-0.25, -0.2) is 0 Å². The second-order valence-electron chi connectivity index (χ2n) is 2.07. The summed E-state index contributed by atoms with van der Waals surface area (Å²) in [6, 6.07) is 9.28. The van der Waals surface area contributed by atoms with Crippen LogP contribution in [0.25, 0.3) is 0 Å². The summed E-state index contributed by atoms with van der Waals surface area (Å²) in [6.45, 7) is 0. The van der Waals surface area contributed by atoms with Crippen LogP contribution in [0, 0.1) is 0 Å². The number of hydrogen-bond acceptors (Lipinski definition) is 2. The number of ether oxygens (including phenoxy) is 1. The van der Waals surface area contributed by atoms with E-state index in [9.17, 15) is 4.21 Å². The van der Waals surface area contributed by atoms with Crippen molar-refractivity contribution in [3.05, 3.63) is 30.3 Å². The molecule has 1 rings (SSSR count). The summed E-state index contributed by atoms with van der Waals surface area (Å²) in [6.07, 6.45) is 0. The first kappa shape index (κ1) is 8.43. The van der Waals surface area contributed by atoms with Gasteiger partial charge in [-0.05, 0) is 12.1 Å². The van der Waals surface area contributed by atoms with E-state index in [-0.39, 0.29) is 5.94 Å². The van der Waals surface area contributed by atoms with Gasteiger partial charge in [-0.2, -0.15) is 0 Å². The third-order valence-electron chi connectivity index (χ3n) is 1.23. The second-order valence-corrected chi connectivity index (χ2v) is 3.46. The summed E-state index contributed by atoms with van der Waals surface area (Å²) in [5, 5.41) is 0. The average Bonchev–Trinajstić information content (AvgIpc) is 2.07. The molecule has 0 N–H and O–H groups in total. The Balaban J connectivity index is 2.69. The Hall–Kier alpha value is -0.670. The van der Waals surface area contributed by atoms with E-state index in [0.29, 0.717) is 0 Å². The SMILES string of the molecule is COC[S@](=O)c1ccccc1. The van der Waals surface area contributed by atoms with Crippen molar-refractivity contribution in [3.8, 4) is 0 Å². The van der Waals surface area contributed by atoms with Crippen molar-refractivity contribution >= 4 is 10.8 Å². The number of hydrogen-bond donors (Lipinski definition) is 0. The summed E-state index contributed by atoms with van der Waals surface area (Å²) in [5.41, 5.74) is 0. The minimum Gasteiger partial charge on any atom is -0.371 e. The lowest BCUT2D eigenvalue weighted by molar-refractivity contribution is 0.254. The predicted molar refractivity (Wildman–Crippen MR) is 44.7 cm³/mol. The fraction of sp³-hybridized carbons (Fsp3) is 0.250. The maximum atomic E-state index is 11.2. The molecule has 0 aliphatic heterocycles. The first-order valence-electron chi connectivity index (χ1n) is 3.27. The Kier molecular flexibility index (Phi) is 3.26. The van der Waals surface area contributed by atoms with E-state index in [1.54, 1.807) is 7.11 Å². The van der Waals surface area contributed by atoms with Crippen LogP contribution in [-0.4, -0.2) is 17.3 Å². The highest BCUT2D eigenvalue weighted by molar-refractivity contribution is 7.84. The first-order valence-corrected chi connectivity index (χ1v) is 4.59. The van der Waals surface area contributed by atoms with Gasteiger partial charge in [-0.15, -0.1) is 0 Å². The Morgan fingerprint density at radius 3 is 2.55 bits per heavy atom. The molecule has 11 heavy (non-hydrogen) atoms. The lowest BCUT2D eigenvalue weighted by Gasteiger charge is -1.98. The molecule has 0 aromatic heterocycles. The Bertz CT molecular complexity index is 233. The van der Waals surface area contributed by atoms with Crippen LogP contribution >= 0.6 is 0 Å². The summed E-state index contributed by atoms with van der Waals surface area (Å²) in [7, 11) is 0.537. The lowest BCUT2D eigenvalue weighted by Crippen LogP contribution is -1.98. The van der Waals surface area contributed by atoms with Crippen LogP contribution in [0.2, 0.25) is 0 Å². The Labute approximate surface area is 68.6 Å². The molecule has 0 aliphatic rings. The van der Waals surface area contributed by atoms with Gasteiger partial charge in [0.1, 0.15) is 5.94 Å². The van der Waals surface area contributed by atoms with Crippen LogP contribution in [0.15, 0.2) is 35.2 Å². The van der Waals surface area contributed by atoms with Gasteiger partial charge in [-0.1, -0.05) is 18.2 Å². The highest BCUT2D eigenvalue weighted by Gasteiger charge is 1.99. The van der Waals surface area contributed by atoms with Crippen LogP contribution < -0.4 is 0 Å². The third kappa shape index (κ3) is 2.44. The molecule has 0 spiro atoms. The van der Waals surface area contributed by atoms with Crippen molar-refractivity contribution in [2.45, 2.75) is 4.90 Å². The van der Waals surface area contributed by atoms with E-state index in [2.05, 4.69) is 0 Å². The standard InChI is InChI=1S/C8H10O2S/c1-10-7-11(9)8-5-3-2-4-6-8/h2-6H,7H2,1H3/t11-/m0/s1. The van der Waals surface area contributed by atoms with E-state index in [1.807, 2.05) is 30.3 Å². The van der Waals surface area contributed by atoms with Gasteiger partial charge in [0.25, 0.3) is 0 Å². The molecule has 0 radical (unpaired) electrons. The fourth-order valence-corrected chi connectivity index (χ4v) is 1.56. The molecule has 0 aliphatic carbocycles. The Morgan fingerprint density at radius 2 is 2.00 bits per heavy atom. The van der Waals surface area contributed by atoms with Crippen molar-refractivity contribution in [2.75, 3.05) is 13.0 Å². The molecule has 0 saturated carbocycles. The molecule has 1 aromatic rings. The van der Waals surface area contributed by atoms with E-state index in [4.69, 9.17) is 4.74 Å². The highest BCUT2D eigenvalue weighted by atomic mass is 32.2. The van der Waals surface area contributed by atoms with Gasteiger partial charge in [0.05, 0.1) is 10.8 Å². The summed E-state index contributed by atoms with van der Waals surface area (Å²) < 4.78 is 16.0. The minimum atomic E-state index is -1.01. The lowest BCUT2D eigenvalue weighted by atomic mass is 10.4. The second kappa shape index (κ2) is 4.26. The molecule has 1 atom stereocenters. The highest BCUT2D eigenvalue weighted by Crippen LogP contribution is 2.04. The van der Waals surface area contributed by atoms with E-state index in [1.165, 1.54) is 0 Å². The molecule has 0 amide bonds. The number of benzene rings is 1. The average molecular weight is 170 g/mol. The molecule has 3 heteroatoms. The van der Waals surface area contributed by atoms with Crippen molar-refractivity contribution < 1.29 is 8.95 Å². The van der Waals surface area contributed by atoms with Crippen molar-refractivity contribution in [1.29, 1.82) is 0 Å². The van der Waals surface area contributed by atoms with Crippen molar-refractivity contribution in [2.24, 2.45) is 0 Å². The predicted octanol–water partition coefficient (Wildman–Crippen LogP) is 1.40.